The van der Waals surface area contributed by atoms with Crippen LogP contribution in [0.1, 0.15) is 25.1 Å². The number of benzene rings is 1. The van der Waals surface area contributed by atoms with Crippen LogP contribution in [0.15, 0.2) is 24.3 Å². The van der Waals surface area contributed by atoms with Gasteiger partial charge in [-0.1, -0.05) is 12.1 Å². The summed E-state index contributed by atoms with van der Waals surface area (Å²) in [6.07, 6.45) is 0.293. The molecule has 1 heterocycles. The molecule has 1 aromatic rings. The van der Waals surface area contributed by atoms with Crippen LogP contribution >= 0.6 is 0 Å². The number of hydrogen-bond donors (Lipinski definition) is 1. The molecule has 0 saturated carbocycles. The van der Waals surface area contributed by atoms with Crippen LogP contribution in [-0.2, 0) is 0 Å². The van der Waals surface area contributed by atoms with E-state index in [1.807, 2.05) is 24.3 Å². The van der Waals surface area contributed by atoms with Gasteiger partial charge in [0.25, 0.3) is 0 Å². The van der Waals surface area contributed by atoms with Crippen molar-refractivity contribution in [3.8, 4) is 0 Å². The van der Waals surface area contributed by atoms with Gasteiger partial charge in [-0.25, -0.2) is 4.39 Å². The molecule has 1 saturated heterocycles. The Labute approximate surface area is 96.5 Å². The molecule has 1 aromatic carbocycles. The van der Waals surface area contributed by atoms with E-state index in [1.165, 1.54) is 12.1 Å². The molecule has 0 bridgehead atoms. The topological polar surface area (TPSA) is 15.3 Å². The van der Waals surface area contributed by atoms with Gasteiger partial charge < -0.3 is 10.2 Å². The van der Waals surface area contributed by atoms with Gasteiger partial charge in [0.1, 0.15) is 6.17 Å². The van der Waals surface area contributed by atoms with Crippen molar-refractivity contribution in [2.45, 2.75) is 19.5 Å². The molecule has 0 aliphatic carbocycles. The maximum Gasteiger partial charge on any atom is 0.122 e. The highest BCUT2D eigenvalue weighted by molar-refractivity contribution is 5.48. The summed E-state index contributed by atoms with van der Waals surface area (Å²) in [5.41, 5.74) is 1.96. The Balaban J connectivity index is 2.07. The van der Waals surface area contributed by atoms with E-state index >= 15 is 0 Å². The molecule has 0 aromatic heterocycles. The van der Waals surface area contributed by atoms with Crippen molar-refractivity contribution in [2.75, 3.05) is 31.1 Å². The maximum atomic E-state index is 13.0. The fraction of sp³-hybridized carbons (Fsp3) is 0.538. The van der Waals surface area contributed by atoms with E-state index in [-0.39, 0.29) is 0 Å². The molecule has 0 amide bonds. The summed E-state index contributed by atoms with van der Waals surface area (Å²) in [5.74, 6) is 0. The molecule has 2 rings (SSSR count). The molecule has 1 aliphatic heterocycles. The summed E-state index contributed by atoms with van der Waals surface area (Å²) in [7, 11) is 0. The second-order valence-corrected chi connectivity index (χ2v) is 4.30. The lowest BCUT2D eigenvalue weighted by Gasteiger charge is -2.22. The van der Waals surface area contributed by atoms with Gasteiger partial charge in [0.2, 0.25) is 0 Å². The van der Waals surface area contributed by atoms with E-state index in [4.69, 9.17) is 0 Å². The average molecular weight is 222 g/mol. The smallest absolute Gasteiger partial charge is 0.122 e. The van der Waals surface area contributed by atoms with Gasteiger partial charge >= 0.3 is 0 Å². The van der Waals surface area contributed by atoms with E-state index in [1.54, 1.807) is 6.92 Å². The van der Waals surface area contributed by atoms with Gasteiger partial charge in [-0.15, -0.1) is 0 Å². The lowest BCUT2D eigenvalue weighted by Crippen LogP contribution is -2.27. The summed E-state index contributed by atoms with van der Waals surface area (Å²) < 4.78 is 13.0. The van der Waals surface area contributed by atoms with E-state index in [2.05, 4.69) is 10.2 Å². The molecule has 3 heteroatoms. The van der Waals surface area contributed by atoms with Crippen molar-refractivity contribution in [1.29, 1.82) is 0 Å². The standard InChI is InChI=1S/C13H19FN2/c1-11(14)12-3-5-13(6-4-12)16-9-2-7-15-8-10-16/h3-6,11,15H,2,7-10H2,1H3. The van der Waals surface area contributed by atoms with Crippen LogP contribution in [0.2, 0.25) is 0 Å². The highest BCUT2D eigenvalue weighted by Gasteiger charge is 2.10. The Bertz CT molecular complexity index is 313. The normalized spacial score (nSPS) is 19.2. The zero-order valence-electron chi connectivity index (χ0n) is 9.75. The van der Waals surface area contributed by atoms with Crippen molar-refractivity contribution in [3.63, 3.8) is 0 Å². The van der Waals surface area contributed by atoms with Gasteiger partial charge in [-0.3, -0.25) is 0 Å². The van der Waals surface area contributed by atoms with Crippen LogP contribution in [0.5, 0.6) is 0 Å². The molecule has 1 fully saturated rings. The lowest BCUT2D eigenvalue weighted by molar-refractivity contribution is 0.374. The van der Waals surface area contributed by atoms with Crippen LogP contribution < -0.4 is 10.2 Å². The first-order valence-electron chi connectivity index (χ1n) is 5.97. The Morgan fingerprint density at radius 3 is 2.62 bits per heavy atom. The minimum Gasteiger partial charge on any atom is -0.370 e. The first kappa shape index (κ1) is 11.4. The molecular weight excluding hydrogens is 203 g/mol. The van der Waals surface area contributed by atoms with Crippen molar-refractivity contribution in [2.24, 2.45) is 0 Å². The molecular formula is C13H19FN2. The van der Waals surface area contributed by atoms with Crippen molar-refractivity contribution >= 4 is 5.69 Å². The van der Waals surface area contributed by atoms with E-state index in [9.17, 15) is 4.39 Å². The summed E-state index contributed by atoms with van der Waals surface area (Å²) in [4.78, 5) is 2.35. The number of alkyl halides is 1. The molecule has 1 atom stereocenters. The molecule has 16 heavy (non-hydrogen) atoms. The molecule has 1 unspecified atom stereocenters. The van der Waals surface area contributed by atoms with Gasteiger partial charge in [-0.05, 0) is 37.6 Å². The van der Waals surface area contributed by atoms with Crippen LogP contribution in [0.3, 0.4) is 0 Å². The monoisotopic (exact) mass is 222 g/mol. The molecule has 0 radical (unpaired) electrons. The zero-order valence-corrected chi connectivity index (χ0v) is 9.75. The number of anilines is 1. The predicted octanol–water partition coefficient (Wildman–Crippen LogP) is 2.52. The number of halogens is 1. The Morgan fingerprint density at radius 2 is 1.94 bits per heavy atom. The van der Waals surface area contributed by atoms with Crippen LogP contribution in [0.4, 0.5) is 10.1 Å². The molecule has 0 spiro atoms. The second kappa shape index (κ2) is 5.30. The first-order valence-corrected chi connectivity index (χ1v) is 5.97. The fourth-order valence-corrected chi connectivity index (χ4v) is 2.05. The average Bonchev–Trinajstić information content (AvgIpc) is 2.57. The van der Waals surface area contributed by atoms with E-state index in [0.29, 0.717) is 0 Å². The van der Waals surface area contributed by atoms with E-state index in [0.717, 1.165) is 31.7 Å². The number of rotatable bonds is 2. The van der Waals surface area contributed by atoms with Gasteiger partial charge in [-0.2, -0.15) is 0 Å². The summed E-state index contributed by atoms with van der Waals surface area (Å²) in [5, 5.41) is 3.37. The lowest BCUT2D eigenvalue weighted by atomic mass is 10.1. The largest absolute Gasteiger partial charge is 0.370 e. The summed E-state index contributed by atoms with van der Waals surface area (Å²) in [6, 6.07) is 7.82. The fourth-order valence-electron chi connectivity index (χ4n) is 2.05. The van der Waals surface area contributed by atoms with Crippen molar-refractivity contribution < 1.29 is 4.39 Å². The summed E-state index contributed by atoms with van der Waals surface area (Å²) in [6.45, 7) is 5.81. The van der Waals surface area contributed by atoms with Crippen LogP contribution in [-0.4, -0.2) is 26.2 Å². The minimum absolute atomic E-state index is 0.761. The highest BCUT2D eigenvalue weighted by Crippen LogP contribution is 2.21. The Kier molecular flexibility index (Phi) is 3.78. The van der Waals surface area contributed by atoms with Crippen molar-refractivity contribution in [3.05, 3.63) is 29.8 Å². The minimum atomic E-state index is -0.875. The third kappa shape index (κ3) is 2.73. The van der Waals surface area contributed by atoms with Crippen LogP contribution in [0, 0.1) is 0 Å². The third-order valence-corrected chi connectivity index (χ3v) is 3.06. The summed E-state index contributed by atoms with van der Waals surface area (Å²) >= 11 is 0. The highest BCUT2D eigenvalue weighted by atomic mass is 19.1. The number of hydrogen-bond acceptors (Lipinski definition) is 2. The van der Waals surface area contributed by atoms with Crippen molar-refractivity contribution in [1.82, 2.24) is 5.32 Å². The molecule has 1 N–H and O–H groups in total. The second-order valence-electron chi connectivity index (χ2n) is 4.30. The maximum absolute atomic E-state index is 13.0. The van der Waals surface area contributed by atoms with Gasteiger partial charge in [0.05, 0.1) is 0 Å². The SMILES string of the molecule is CC(F)c1ccc(N2CCCNCC2)cc1. The quantitative estimate of drug-likeness (QED) is 0.827. The molecule has 88 valence electrons. The van der Waals surface area contributed by atoms with Crippen LogP contribution in [0.25, 0.3) is 0 Å². The molecule has 1 aliphatic rings. The Hall–Kier alpha value is -1.09. The third-order valence-electron chi connectivity index (χ3n) is 3.06. The number of nitrogens with one attached hydrogen (secondary N) is 1. The Morgan fingerprint density at radius 1 is 1.19 bits per heavy atom. The number of nitrogens with zero attached hydrogens (tertiary/aromatic N) is 1. The van der Waals surface area contributed by atoms with Gasteiger partial charge in [0.15, 0.2) is 0 Å². The zero-order chi connectivity index (χ0) is 11.4. The van der Waals surface area contributed by atoms with Gasteiger partial charge in [0, 0.05) is 25.3 Å². The van der Waals surface area contributed by atoms with E-state index < -0.39 is 6.17 Å². The molecule has 2 nitrogen and oxygen atoms in total. The first-order chi connectivity index (χ1) is 7.77. The predicted molar refractivity (Wildman–Crippen MR) is 65.7 cm³/mol.